The monoisotopic (exact) mass is 482 g/mol. The molecule has 0 bridgehead atoms. The van der Waals surface area contributed by atoms with Gasteiger partial charge in [-0.3, -0.25) is 4.79 Å². The lowest BCUT2D eigenvalue weighted by atomic mass is 9.94. The minimum absolute atomic E-state index is 0. The fourth-order valence-electron chi connectivity index (χ4n) is 3.41. The Morgan fingerprint density at radius 1 is 1.19 bits per heavy atom. The highest BCUT2D eigenvalue weighted by molar-refractivity contribution is 14.0. The van der Waals surface area contributed by atoms with Gasteiger partial charge >= 0.3 is 0 Å². The Morgan fingerprint density at radius 3 is 2.46 bits per heavy atom. The molecule has 1 unspecified atom stereocenters. The zero-order valence-electron chi connectivity index (χ0n) is 16.7. The van der Waals surface area contributed by atoms with E-state index >= 15 is 0 Å². The third-order valence-electron chi connectivity index (χ3n) is 4.60. The number of rotatable bonds is 10. The number of halogens is 1. The van der Waals surface area contributed by atoms with E-state index < -0.39 is 0 Å². The van der Waals surface area contributed by atoms with Gasteiger partial charge in [-0.1, -0.05) is 33.1 Å². The van der Waals surface area contributed by atoms with Crippen LogP contribution in [0.2, 0.25) is 0 Å². The molecular formula is C19H39IN4O2. The molecule has 0 saturated heterocycles. The fraction of sp³-hybridized carbons (Fsp3) is 0.895. The number of nitrogens with one attached hydrogen (secondary N) is 3. The van der Waals surface area contributed by atoms with E-state index in [9.17, 15) is 9.90 Å². The summed E-state index contributed by atoms with van der Waals surface area (Å²) in [6.07, 6.45) is 7.73. The summed E-state index contributed by atoms with van der Waals surface area (Å²) >= 11 is 0. The molecule has 4 N–H and O–H groups in total. The van der Waals surface area contributed by atoms with Crippen LogP contribution < -0.4 is 16.0 Å². The molecule has 0 radical (unpaired) electrons. The molecule has 1 atom stereocenters. The maximum atomic E-state index is 12.1. The van der Waals surface area contributed by atoms with Crippen molar-refractivity contribution >= 4 is 35.8 Å². The molecule has 0 aliphatic heterocycles. The van der Waals surface area contributed by atoms with Crippen LogP contribution in [0.4, 0.5) is 0 Å². The number of aliphatic hydroxyl groups excluding tert-OH is 1. The van der Waals surface area contributed by atoms with Crippen molar-refractivity contribution in [3.63, 3.8) is 0 Å². The molecule has 1 amide bonds. The van der Waals surface area contributed by atoms with E-state index in [-0.39, 0.29) is 43.0 Å². The molecule has 0 aromatic heterocycles. The Balaban J connectivity index is 0.00000625. The number of carbonyl (C=O) groups excluding carboxylic acids is 1. The van der Waals surface area contributed by atoms with E-state index in [1.165, 1.54) is 19.3 Å². The van der Waals surface area contributed by atoms with Gasteiger partial charge in [0.05, 0.1) is 0 Å². The Morgan fingerprint density at radius 2 is 1.88 bits per heavy atom. The molecule has 1 fully saturated rings. The fourth-order valence-corrected chi connectivity index (χ4v) is 3.41. The molecule has 1 saturated carbocycles. The molecule has 0 aromatic rings. The second-order valence-corrected chi connectivity index (χ2v) is 7.49. The van der Waals surface area contributed by atoms with Crippen LogP contribution >= 0.6 is 24.0 Å². The normalized spacial score (nSPS) is 16.7. The first-order chi connectivity index (χ1) is 12.0. The molecule has 6 nitrogen and oxygen atoms in total. The molecule has 26 heavy (non-hydrogen) atoms. The lowest BCUT2D eigenvalue weighted by Crippen LogP contribution is -2.42. The highest BCUT2D eigenvalue weighted by Crippen LogP contribution is 2.17. The summed E-state index contributed by atoms with van der Waals surface area (Å²) in [5, 5.41) is 18.8. The Labute approximate surface area is 176 Å². The van der Waals surface area contributed by atoms with Gasteiger partial charge in [0.15, 0.2) is 5.96 Å². The highest BCUT2D eigenvalue weighted by Gasteiger charge is 2.15. The Kier molecular flexibility index (Phi) is 15.1. The number of hydrogen-bond donors (Lipinski definition) is 4. The number of guanidine groups is 1. The minimum Gasteiger partial charge on any atom is -0.396 e. The zero-order chi connectivity index (χ0) is 18.5. The maximum Gasteiger partial charge on any atom is 0.242 e. The van der Waals surface area contributed by atoms with Crippen molar-refractivity contribution in [1.29, 1.82) is 0 Å². The lowest BCUT2D eigenvalue weighted by Gasteiger charge is -2.22. The van der Waals surface area contributed by atoms with Crippen molar-refractivity contribution in [1.82, 2.24) is 16.0 Å². The SMILES string of the molecule is CCNC(=NCC(=O)NC1CCCCC1)NCC(CCO)CC(C)C.I. The third-order valence-corrected chi connectivity index (χ3v) is 4.60. The molecule has 1 aliphatic rings. The molecule has 1 aliphatic carbocycles. The standard InChI is InChI=1S/C19H38N4O2.HI/c1-4-20-19(21-13-16(10-11-24)12-15(2)3)22-14-18(25)23-17-8-6-5-7-9-17;/h15-17,24H,4-14H2,1-3H3,(H,23,25)(H2,20,21,22);1H. The summed E-state index contributed by atoms with van der Waals surface area (Å²) in [6.45, 7) is 8.27. The van der Waals surface area contributed by atoms with Crippen LogP contribution in [0.15, 0.2) is 4.99 Å². The topological polar surface area (TPSA) is 85.8 Å². The van der Waals surface area contributed by atoms with Gasteiger partial charge in [0.25, 0.3) is 0 Å². The minimum atomic E-state index is -0.00167. The van der Waals surface area contributed by atoms with Crippen LogP contribution in [0.5, 0.6) is 0 Å². The predicted molar refractivity (Wildman–Crippen MR) is 119 cm³/mol. The number of amides is 1. The second-order valence-electron chi connectivity index (χ2n) is 7.49. The van der Waals surface area contributed by atoms with E-state index in [1.54, 1.807) is 0 Å². The molecular weight excluding hydrogens is 443 g/mol. The van der Waals surface area contributed by atoms with Crippen LogP contribution in [-0.2, 0) is 4.79 Å². The van der Waals surface area contributed by atoms with E-state index in [0.29, 0.717) is 23.8 Å². The quantitative estimate of drug-likeness (QED) is 0.219. The van der Waals surface area contributed by atoms with Crippen molar-refractivity contribution < 1.29 is 9.90 Å². The van der Waals surface area contributed by atoms with Crippen LogP contribution in [0.25, 0.3) is 0 Å². The van der Waals surface area contributed by atoms with Gasteiger partial charge in [0, 0.05) is 25.7 Å². The van der Waals surface area contributed by atoms with Crippen LogP contribution in [-0.4, -0.2) is 49.3 Å². The van der Waals surface area contributed by atoms with Crippen molar-refractivity contribution in [2.24, 2.45) is 16.8 Å². The number of aliphatic hydroxyl groups is 1. The van der Waals surface area contributed by atoms with Crippen molar-refractivity contribution in [2.75, 3.05) is 26.2 Å². The van der Waals surface area contributed by atoms with Gasteiger partial charge in [0.1, 0.15) is 6.54 Å². The Hall–Kier alpha value is -0.570. The van der Waals surface area contributed by atoms with E-state index in [1.807, 2.05) is 6.92 Å². The first kappa shape index (κ1) is 25.4. The second kappa shape index (κ2) is 15.5. The van der Waals surface area contributed by atoms with Gasteiger partial charge in [-0.05, 0) is 44.4 Å². The summed E-state index contributed by atoms with van der Waals surface area (Å²) in [5.41, 5.74) is 0. The summed E-state index contributed by atoms with van der Waals surface area (Å²) in [7, 11) is 0. The summed E-state index contributed by atoms with van der Waals surface area (Å²) in [4.78, 5) is 16.5. The molecule has 154 valence electrons. The van der Waals surface area contributed by atoms with Crippen LogP contribution in [0, 0.1) is 11.8 Å². The van der Waals surface area contributed by atoms with E-state index in [4.69, 9.17) is 0 Å². The van der Waals surface area contributed by atoms with E-state index in [0.717, 1.165) is 38.8 Å². The predicted octanol–water partition coefficient (Wildman–Crippen LogP) is 2.65. The average Bonchev–Trinajstić information content (AvgIpc) is 2.58. The molecule has 0 heterocycles. The number of nitrogens with zero attached hydrogens (tertiary/aromatic N) is 1. The van der Waals surface area contributed by atoms with Crippen LogP contribution in [0.1, 0.15) is 65.7 Å². The summed E-state index contributed by atoms with van der Waals surface area (Å²) in [5.74, 6) is 1.68. The van der Waals surface area contributed by atoms with Crippen LogP contribution in [0.3, 0.4) is 0 Å². The van der Waals surface area contributed by atoms with E-state index in [2.05, 4.69) is 34.8 Å². The third kappa shape index (κ3) is 11.9. The van der Waals surface area contributed by atoms with Crippen molar-refractivity contribution in [2.45, 2.75) is 71.8 Å². The van der Waals surface area contributed by atoms with Gasteiger partial charge in [-0.25, -0.2) is 4.99 Å². The first-order valence-electron chi connectivity index (χ1n) is 9.97. The molecule has 0 aromatic carbocycles. The Bertz CT molecular complexity index is 399. The number of aliphatic imine (C=N–C) groups is 1. The van der Waals surface area contributed by atoms with Gasteiger partial charge in [-0.15, -0.1) is 24.0 Å². The summed E-state index contributed by atoms with van der Waals surface area (Å²) in [6, 6.07) is 0.326. The van der Waals surface area contributed by atoms with Crippen molar-refractivity contribution in [3.05, 3.63) is 0 Å². The highest BCUT2D eigenvalue weighted by atomic mass is 127. The van der Waals surface area contributed by atoms with Gasteiger partial charge in [0.2, 0.25) is 5.91 Å². The molecule has 1 rings (SSSR count). The summed E-state index contributed by atoms with van der Waals surface area (Å²) < 4.78 is 0. The van der Waals surface area contributed by atoms with Gasteiger partial charge in [-0.2, -0.15) is 0 Å². The first-order valence-corrected chi connectivity index (χ1v) is 9.97. The zero-order valence-corrected chi connectivity index (χ0v) is 19.1. The number of carbonyl (C=O) groups is 1. The number of hydrogen-bond acceptors (Lipinski definition) is 3. The maximum absolute atomic E-state index is 12.1. The smallest absolute Gasteiger partial charge is 0.242 e. The largest absolute Gasteiger partial charge is 0.396 e. The molecule has 7 heteroatoms. The lowest BCUT2D eigenvalue weighted by molar-refractivity contribution is -0.120. The van der Waals surface area contributed by atoms with Gasteiger partial charge < -0.3 is 21.1 Å². The van der Waals surface area contributed by atoms with Crippen molar-refractivity contribution in [3.8, 4) is 0 Å². The average molecular weight is 482 g/mol. The molecule has 0 spiro atoms.